The van der Waals surface area contributed by atoms with Crippen molar-refractivity contribution in [3.8, 4) is 0 Å². The lowest BCUT2D eigenvalue weighted by atomic mass is 9.85. The summed E-state index contributed by atoms with van der Waals surface area (Å²) in [5, 5.41) is 18.2. The summed E-state index contributed by atoms with van der Waals surface area (Å²) in [7, 11) is 1.73. The van der Waals surface area contributed by atoms with Gasteiger partial charge in [-0.2, -0.15) is 0 Å². The van der Waals surface area contributed by atoms with Gasteiger partial charge in [0.15, 0.2) is 0 Å². The molecular formula is C13H16N2O5. The van der Waals surface area contributed by atoms with Gasteiger partial charge >= 0.3 is 11.9 Å². The third-order valence-corrected chi connectivity index (χ3v) is 3.70. The number of amides is 1. The summed E-state index contributed by atoms with van der Waals surface area (Å²) in [5.74, 6) is -4.58. The van der Waals surface area contributed by atoms with Crippen molar-refractivity contribution in [1.82, 2.24) is 9.47 Å². The van der Waals surface area contributed by atoms with Crippen LogP contribution in [-0.2, 0) is 16.6 Å². The Labute approximate surface area is 115 Å². The Bertz CT molecular complexity index is 551. The van der Waals surface area contributed by atoms with E-state index >= 15 is 0 Å². The highest BCUT2D eigenvalue weighted by Gasteiger charge is 2.40. The SMILES string of the molecule is Cn1cccc1C(=O)N1CCC(C(=O)O)C(C(=O)O)C1. The Morgan fingerprint density at radius 3 is 2.35 bits per heavy atom. The number of hydrogen-bond acceptors (Lipinski definition) is 3. The number of carboxylic acids is 2. The van der Waals surface area contributed by atoms with Gasteiger partial charge in [-0.1, -0.05) is 0 Å². The second-order valence-electron chi connectivity index (χ2n) is 4.93. The number of aryl methyl sites for hydroxylation is 1. The number of carbonyl (C=O) groups excluding carboxylic acids is 1. The molecule has 0 spiro atoms. The van der Waals surface area contributed by atoms with Crippen molar-refractivity contribution in [2.45, 2.75) is 6.42 Å². The van der Waals surface area contributed by atoms with Crippen LogP contribution in [-0.4, -0.2) is 50.6 Å². The average molecular weight is 280 g/mol. The van der Waals surface area contributed by atoms with E-state index in [9.17, 15) is 14.4 Å². The molecule has 0 radical (unpaired) electrons. The topological polar surface area (TPSA) is 99.8 Å². The van der Waals surface area contributed by atoms with E-state index in [1.54, 1.807) is 29.9 Å². The molecule has 0 aliphatic carbocycles. The molecule has 7 nitrogen and oxygen atoms in total. The molecule has 2 rings (SSSR count). The van der Waals surface area contributed by atoms with Crippen LogP contribution < -0.4 is 0 Å². The van der Waals surface area contributed by atoms with E-state index in [-0.39, 0.29) is 25.4 Å². The first-order valence-electron chi connectivity index (χ1n) is 6.28. The first kappa shape index (κ1) is 14.1. The first-order valence-corrected chi connectivity index (χ1v) is 6.28. The predicted molar refractivity (Wildman–Crippen MR) is 68.2 cm³/mol. The zero-order chi connectivity index (χ0) is 14.9. The van der Waals surface area contributed by atoms with E-state index in [2.05, 4.69) is 0 Å². The zero-order valence-electron chi connectivity index (χ0n) is 11.0. The van der Waals surface area contributed by atoms with Crippen molar-refractivity contribution in [2.24, 2.45) is 18.9 Å². The third-order valence-electron chi connectivity index (χ3n) is 3.70. The fourth-order valence-electron chi connectivity index (χ4n) is 2.53. The maximum absolute atomic E-state index is 12.3. The van der Waals surface area contributed by atoms with Crippen LogP contribution in [0.4, 0.5) is 0 Å². The quantitative estimate of drug-likeness (QED) is 0.828. The minimum absolute atomic E-state index is 0.0731. The molecule has 2 unspecified atom stereocenters. The fraction of sp³-hybridized carbons (Fsp3) is 0.462. The van der Waals surface area contributed by atoms with Crippen LogP contribution in [0.25, 0.3) is 0 Å². The molecule has 2 heterocycles. The summed E-state index contributed by atoms with van der Waals surface area (Å²) in [6, 6.07) is 3.38. The third kappa shape index (κ3) is 2.52. The van der Waals surface area contributed by atoms with Gasteiger partial charge in [0, 0.05) is 26.3 Å². The molecule has 7 heteroatoms. The molecule has 1 aromatic rings. The molecule has 108 valence electrons. The van der Waals surface area contributed by atoms with Crippen molar-refractivity contribution in [2.75, 3.05) is 13.1 Å². The lowest BCUT2D eigenvalue weighted by molar-refractivity contribution is -0.156. The lowest BCUT2D eigenvalue weighted by Gasteiger charge is -2.34. The van der Waals surface area contributed by atoms with Crippen LogP contribution >= 0.6 is 0 Å². The van der Waals surface area contributed by atoms with Crippen LogP contribution in [0, 0.1) is 11.8 Å². The Hall–Kier alpha value is -2.31. The lowest BCUT2D eigenvalue weighted by Crippen LogP contribution is -2.48. The highest BCUT2D eigenvalue weighted by atomic mass is 16.4. The van der Waals surface area contributed by atoms with Gasteiger partial charge in [0.1, 0.15) is 5.69 Å². The minimum Gasteiger partial charge on any atom is -0.481 e. The van der Waals surface area contributed by atoms with Gasteiger partial charge in [0.2, 0.25) is 0 Å². The first-order chi connectivity index (χ1) is 9.41. The van der Waals surface area contributed by atoms with Gasteiger partial charge < -0.3 is 19.7 Å². The summed E-state index contributed by atoms with van der Waals surface area (Å²) in [4.78, 5) is 35.9. The van der Waals surface area contributed by atoms with Gasteiger partial charge in [0.25, 0.3) is 5.91 Å². The van der Waals surface area contributed by atoms with E-state index in [1.807, 2.05) is 0 Å². The number of aromatic nitrogens is 1. The Balaban J connectivity index is 2.17. The predicted octanol–water partition coefficient (Wildman–Crippen LogP) is 0.273. The maximum Gasteiger partial charge on any atom is 0.309 e. The van der Waals surface area contributed by atoms with E-state index in [0.29, 0.717) is 5.69 Å². The second kappa shape index (κ2) is 5.36. The number of likely N-dealkylation sites (tertiary alicyclic amines) is 1. The van der Waals surface area contributed by atoms with Gasteiger partial charge in [-0.3, -0.25) is 14.4 Å². The molecule has 2 N–H and O–H groups in total. The molecule has 20 heavy (non-hydrogen) atoms. The number of hydrogen-bond donors (Lipinski definition) is 2. The molecule has 0 bridgehead atoms. The Morgan fingerprint density at radius 2 is 1.85 bits per heavy atom. The van der Waals surface area contributed by atoms with Crippen molar-refractivity contribution < 1.29 is 24.6 Å². The van der Waals surface area contributed by atoms with E-state index in [1.165, 1.54) is 4.90 Å². The van der Waals surface area contributed by atoms with Gasteiger partial charge in [-0.15, -0.1) is 0 Å². The number of carbonyl (C=O) groups is 3. The second-order valence-corrected chi connectivity index (χ2v) is 4.93. The van der Waals surface area contributed by atoms with Crippen molar-refractivity contribution in [1.29, 1.82) is 0 Å². The van der Waals surface area contributed by atoms with E-state index in [4.69, 9.17) is 10.2 Å². The maximum atomic E-state index is 12.3. The van der Waals surface area contributed by atoms with Gasteiger partial charge in [-0.05, 0) is 18.6 Å². The number of aliphatic carboxylic acids is 2. The molecule has 1 saturated heterocycles. The number of carboxylic acid groups (broad SMARTS) is 2. The highest BCUT2D eigenvalue weighted by Crippen LogP contribution is 2.25. The molecule has 0 aromatic carbocycles. The Morgan fingerprint density at radius 1 is 1.20 bits per heavy atom. The fourth-order valence-corrected chi connectivity index (χ4v) is 2.53. The monoisotopic (exact) mass is 280 g/mol. The molecule has 1 amide bonds. The van der Waals surface area contributed by atoms with Crippen molar-refractivity contribution in [3.63, 3.8) is 0 Å². The normalized spacial score (nSPS) is 22.6. The molecule has 1 aromatic heterocycles. The number of piperidine rings is 1. The summed E-state index contributed by atoms with van der Waals surface area (Å²) >= 11 is 0. The highest BCUT2D eigenvalue weighted by molar-refractivity contribution is 5.93. The van der Waals surface area contributed by atoms with E-state index < -0.39 is 23.8 Å². The molecule has 1 aliphatic heterocycles. The standard InChI is InChI=1S/C13H16N2O5/c1-14-5-2-3-10(14)11(16)15-6-4-8(12(17)18)9(7-15)13(19)20/h2-3,5,8-9H,4,6-7H2,1H3,(H,17,18)(H,19,20). The number of nitrogens with zero attached hydrogens (tertiary/aromatic N) is 2. The smallest absolute Gasteiger partial charge is 0.309 e. The minimum atomic E-state index is -1.18. The average Bonchev–Trinajstić information content (AvgIpc) is 2.83. The van der Waals surface area contributed by atoms with Crippen molar-refractivity contribution in [3.05, 3.63) is 24.0 Å². The van der Waals surface area contributed by atoms with Gasteiger partial charge in [0.05, 0.1) is 11.8 Å². The van der Waals surface area contributed by atoms with Crippen molar-refractivity contribution >= 4 is 17.8 Å². The molecular weight excluding hydrogens is 264 g/mol. The summed E-state index contributed by atoms with van der Waals surface area (Å²) in [6.45, 7) is 0.182. The zero-order valence-corrected chi connectivity index (χ0v) is 11.0. The molecule has 1 aliphatic rings. The largest absolute Gasteiger partial charge is 0.481 e. The van der Waals surface area contributed by atoms with Crippen LogP contribution in [0.15, 0.2) is 18.3 Å². The van der Waals surface area contributed by atoms with Gasteiger partial charge in [-0.25, -0.2) is 0 Å². The van der Waals surface area contributed by atoms with Crippen LogP contribution in [0.5, 0.6) is 0 Å². The summed E-state index contributed by atoms with van der Waals surface area (Å²) in [5.41, 5.74) is 0.461. The van der Waals surface area contributed by atoms with E-state index in [0.717, 1.165) is 0 Å². The number of rotatable bonds is 3. The van der Waals surface area contributed by atoms with Crippen LogP contribution in [0.2, 0.25) is 0 Å². The molecule has 2 atom stereocenters. The Kier molecular flexibility index (Phi) is 3.78. The molecule has 0 saturated carbocycles. The molecule has 1 fully saturated rings. The van der Waals surface area contributed by atoms with Crippen LogP contribution in [0.1, 0.15) is 16.9 Å². The van der Waals surface area contributed by atoms with Crippen LogP contribution in [0.3, 0.4) is 0 Å². The summed E-state index contributed by atoms with van der Waals surface area (Å²) < 4.78 is 1.65. The summed E-state index contributed by atoms with van der Waals surface area (Å²) in [6.07, 6.45) is 1.88.